The van der Waals surface area contributed by atoms with Gasteiger partial charge in [0.15, 0.2) is 0 Å². The van der Waals surface area contributed by atoms with E-state index in [1.807, 2.05) is 18.2 Å². The summed E-state index contributed by atoms with van der Waals surface area (Å²) in [6.07, 6.45) is 7.89. The van der Waals surface area contributed by atoms with Crippen LogP contribution in [-0.2, 0) is 0 Å². The van der Waals surface area contributed by atoms with Crippen molar-refractivity contribution in [2.45, 2.75) is 0 Å². The monoisotopic (exact) mass is 161 g/mol. The van der Waals surface area contributed by atoms with Gasteiger partial charge in [0.05, 0.1) is 5.71 Å². The van der Waals surface area contributed by atoms with Crippen LogP contribution in [0.25, 0.3) is 6.08 Å². The van der Waals surface area contributed by atoms with Gasteiger partial charge in [-0.1, -0.05) is 6.07 Å². The van der Waals surface area contributed by atoms with Crippen molar-refractivity contribution in [1.82, 2.24) is 0 Å². The molecule has 1 aromatic heterocycles. The molecular weight excluding hydrogens is 154 g/mol. The number of allylic oxidation sites excluding steroid dienone is 2. The average molecular weight is 161 g/mol. The van der Waals surface area contributed by atoms with E-state index >= 15 is 0 Å². The highest BCUT2D eigenvalue weighted by Crippen LogP contribution is 2.11. The molecule has 0 saturated heterocycles. The van der Waals surface area contributed by atoms with Crippen LogP contribution in [0, 0.1) is 0 Å². The summed E-state index contributed by atoms with van der Waals surface area (Å²) >= 11 is 1.73. The minimum Gasteiger partial charge on any atom is -0.257 e. The molecule has 0 bridgehead atoms. The zero-order valence-corrected chi connectivity index (χ0v) is 6.71. The fourth-order valence-electron chi connectivity index (χ4n) is 0.813. The maximum Gasteiger partial charge on any atom is 0.0645 e. The van der Waals surface area contributed by atoms with Crippen molar-refractivity contribution in [2.24, 2.45) is 4.99 Å². The van der Waals surface area contributed by atoms with Gasteiger partial charge in [-0.05, 0) is 29.7 Å². The van der Waals surface area contributed by atoms with Crippen molar-refractivity contribution in [3.63, 3.8) is 0 Å². The van der Waals surface area contributed by atoms with E-state index in [0.717, 1.165) is 5.71 Å². The molecule has 11 heavy (non-hydrogen) atoms. The Hall–Kier alpha value is -1.15. The average Bonchev–Trinajstić information content (AvgIpc) is 2.36. The van der Waals surface area contributed by atoms with Crippen LogP contribution in [0.5, 0.6) is 0 Å². The molecule has 0 amide bonds. The van der Waals surface area contributed by atoms with Crippen LogP contribution in [0.2, 0.25) is 0 Å². The molecule has 2 heterocycles. The summed E-state index contributed by atoms with van der Waals surface area (Å²) < 4.78 is 0. The standard InChI is InChI=1S/C9H7NS/c1-2-9(11-7-1)4-3-8-5-6-10-8/h1-7H/b4-3+. The van der Waals surface area contributed by atoms with Crippen LogP contribution in [-0.4, -0.2) is 5.71 Å². The van der Waals surface area contributed by atoms with Gasteiger partial charge in [-0.25, -0.2) is 0 Å². The van der Waals surface area contributed by atoms with E-state index < -0.39 is 0 Å². The first-order valence-electron chi connectivity index (χ1n) is 3.41. The maximum absolute atomic E-state index is 4.02. The molecule has 0 atom stereocenters. The first-order valence-corrected chi connectivity index (χ1v) is 4.29. The van der Waals surface area contributed by atoms with Crippen LogP contribution >= 0.6 is 11.3 Å². The normalized spacial score (nSPS) is 15.1. The lowest BCUT2D eigenvalue weighted by atomic mass is 10.2. The summed E-state index contributed by atoms with van der Waals surface area (Å²) in [5, 5.41) is 2.07. The van der Waals surface area contributed by atoms with E-state index in [1.165, 1.54) is 4.88 Å². The third kappa shape index (κ3) is 1.46. The molecule has 1 aromatic rings. The Morgan fingerprint density at radius 3 is 2.82 bits per heavy atom. The number of thiophene rings is 1. The zero-order chi connectivity index (χ0) is 7.52. The van der Waals surface area contributed by atoms with Gasteiger partial charge < -0.3 is 0 Å². The predicted octanol–water partition coefficient (Wildman–Crippen LogP) is 2.73. The van der Waals surface area contributed by atoms with Crippen LogP contribution in [0.1, 0.15) is 4.88 Å². The highest BCUT2D eigenvalue weighted by atomic mass is 32.1. The molecule has 0 N–H and O–H groups in total. The zero-order valence-electron chi connectivity index (χ0n) is 5.90. The molecule has 0 radical (unpaired) electrons. The second-order valence-electron chi connectivity index (χ2n) is 2.22. The van der Waals surface area contributed by atoms with Crippen molar-refractivity contribution in [2.75, 3.05) is 0 Å². The fraction of sp³-hybridized carbons (Fsp3) is 0. The number of rotatable bonds is 2. The third-order valence-corrected chi connectivity index (χ3v) is 2.27. The first kappa shape index (κ1) is 6.55. The Bertz CT molecular complexity index is 317. The van der Waals surface area contributed by atoms with Gasteiger partial charge in [-0.2, -0.15) is 0 Å². The summed E-state index contributed by atoms with van der Waals surface area (Å²) in [6.45, 7) is 0. The Morgan fingerprint density at radius 1 is 1.36 bits per heavy atom. The van der Waals surface area contributed by atoms with E-state index in [9.17, 15) is 0 Å². The second-order valence-corrected chi connectivity index (χ2v) is 3.20. The summed E-state index contributed by atoms with van der Waals surface area (Å²) in [5.41, 5.74) is 1.05. The van der Waals surface area contributed by atoms with Gasteiger partial charge in [0.25, 0.3) is 0 Å². The van der Waals surface area contributed by atoms with Gasteiger partial charge in [0.2, 0.25) is 0 Å². The van der Waals surface area contributed by atoms with Gasteiger partial charge in [-0.15, -0.1) is 11.3 Å². The highest BCUT2D eigenvalue weighted by molar-refractivity contribution is 7.10. The maximum atomic E-state index is 4.02. The molecule has 1 nitrogen and oxygen atoms in total. The van der Waals surface area contributed by atoms with Crippen molar-refractivity contribution in [3.05, 3.63) is 40.7 Å². The quantitative estimate of drug-likeness (QED) is 0.632. The number of hydrogen-bond donors (Lipinski definition) is 0. The number of aliphatic imine (C=N–C) groups is 1. The molecule has 1 aliphatic rings. The summed E-state index contributed by atoms with van der Waals surface area (Å²) in [7, 11) is 0. The molecule has 2 heteroatoms. The summed E-state index contributed by atoms with van der Waals surface area (Å²) in [6, 6.07) is 4.13. The highest BCUT2D eigenvalue weighted by Gasteiger charge is 1.93. The minimum atomic E-state index is 1.05. The molecule has 0 saturated carbocycles. The topological polar surface area (TPSA) is 12.4 Å². The minimum absolute atomic E-state index is 1.05. The Balaban J connectivity index is 2.05. The van der Waals surface area contributed by atoms with Crippen molar-refractivity contribution < 1.29 is 0 Å². The van der Waals surface area contributed by atoms with Crippen LogP contribution in [0.4, 0.5) is 0 Å². The van der Waals surface area contributed by atoms with E-state index in [-0.39, 0.29) is 0 Å². The van der Waals surface area contributed by atoms with E-state index in [0.29, 0.717) is 0 Å². The molecule has 0 aromatic carbocycles. The fourth-order valence-corrected chi connectivity index (χ4v) is 1.43. The molecular formula is C9H7NS. The largest absolute Gasteiger partial charge is 0.257 e. The Labute approximate surface area is 69.4 Å². The lowest BCUT2D eigenvalue weighted by Gasteiger charge is -1.96. The predicted molar refractivity (Wildman–Crippen MR) is 49.9 cm³/mol. The van der Waals surface area contributed by atoms with E-state index in [2.05, 4.69) is 22.5 Å². The number of hydrogen-bond acceptors (Lipinski definition) is 2. The second kappa shape index (κ2) is 2.84. The van der Waals surface area contributed by atoms with Crippen LogP contribution in [0.3, 0.4) is 0 Å². The molecule has 0 aliphatic carbocycles. The lowest BCUT2D eigenvalue weighted by Crippen LogP contribution is -1.92. The van der Waals surface area contributed by atoms with Crippen molar-refractivity contribution in [1.29, 1.82) is 0 Å². The number of nitrogens with zero attached hydrogens (tertiary/aromatic N) is 1. The van der Waals surface area contributed by atoms with Crippen LogP contribution < -0.4 is 0 Å². The molecule has 0 fully saturated rings. The third-order valence-electron chi connectivity index (χ3n) is 1.43. The van der Waals surface area contributed by atoms with Gasteiger partial charge in [0, 0.05) is 11.1 Å². The SMILES string of the molecule is C1=CC(/C=C/c2cccs2)=N1. The van der Waals surface area contributed by atoms with Crippen molar-refractivity contribution in [3.8, 4) is 0 Å². The van der Waals surface area contributed by atoms with E-state index in [1.54, 1.807) is 17.5 Å². The Kier molecular flexibility index (Phi) is 1.69. The molecule has 2 rings (SSSR count). The summed E-state index contributed by atoms with van der Waals surface area (Å²) in [4.78, 5) is 5.29. The van der Waals surface area contributed by atoms with Gasteiger partial charge >= 0.3 is 0 Å². The van der Waals surface area contributed by atoms with E-state index in [4.69, 9.17) is 0 Å². The molecule has 0 spiro atoms. The molecule has 0 unspecified atom stereocenters. The Morgan fingerprint density at radius 2 is 2.27 bits per heavy atom. The van der Waals surface area contributed by atoms with Crippen LogP contribution in [0.15, 0.2) is 40.9 Å². The smallest absolute Gasteiger partial charge is 0.0645 e. The molecule has 1 aliphatic heterocycles. The molecule has 54 valence electrons. The first-order chi connectivity index (χ1) is 5.45. The van der Waals surface area contributed by atoms with Crippen molar-refractivity contribution >= 4 is 23.1 Å². The van der Waals surface area contributed by atoms with Gasteiger partial charge in [0.1, 0.15) is 0 Å². The van der Waals surface area contributed by atoms with Gasteiger partial charge in [-0.3, -0.25) is 4.99 Å². The lowest BCUT2D eigenvalue weighted by molar-refractivity contribution is 1.51. The summed E-state index contributed by atoms with van der Waals surface area (Å²) in [5.74, 6) is 0.